The van der Waals surface area contributed by atoms with Crippen LogP contribution in [0.2, 0.25) is 0 Å². The SMILES string of the molecule is O=c1c2ccccc2n2c3n1nc[n+]3CCC2. The van der Waals surface area contributed by atoms with Crippen molar-refractivity contribution in [3.63, 3.8) is 0 Å². The van der Waals surface area contributed by atoms with Crippen molar-refractivity contribution in [1.29, 1.82) is 0 Å². The number of hydrogen-bond acceptors (Lipinski definition) is 2. The molecule has 0 aliphatic carbocycles. The largest absolute Gasteiger partial charge is 0.360 e. The van der Waals surface area contributed by atoms with Gasteiger partial charge in [-0.2, -0.15) is 0 Å². The Morgan fingerprint density at radius 3 is 3.12 bits per heavy atom. The molecule has 0 saturated carbocycles. The molecule has 0 atom stereocenters. The average molecular weight is 227 g/mol. The Bertz CT molecular complexity index is 799. The highest BCUT2D eigenvalue weighted by Gasteiger charge is 2.24. The van der Waals surface area contributed by atoms with Crippen LogP contribution in [-0.4, -0.2) is 14.2 Å². The predicted octanol–water partition coefficient (Wildman–Crippen LogP) is 0.340. The number of para-hydroxylation sites is 1. The summed E-state index contributed by atoms with van der Waals surface area (Å²) in [5.41, 5.74) is 0.964. The molecule has 1 aromatic carbocycles. The lowest BCUT2D eigenvalue weighted by Gasteiger charge is -2.12. The Morgan fingerprint density at radius 2 is 2.18 bits per heavy atom. The Morgan fingerprint density at radius 1 is 1.29 bits per heavy atom. The topological polar surface area (TPSA) is 43.2 Å². The van der Waals surface area contributed by atoms with Crippen LogP contribution < -0.4 is 10.1 Å². The summed E-state index contributed by atoms with van der Waals surface area (Å²) in [6.07, 6.45) is 2.82. The summed E-state index contributed by atoms with van der Waals surface area (Å²) in [6, 6.07) is 7.72. The molecule has 3 heterocycles. The first-order chi connectivity index (χ1) is 8.36. The lowest BCUT2D eigenvalue weighted by molar-refractivity contribution is -0.679. The van der Waals surface area contributed by atoms with Gasteiger partial charge in [0.2, 0.25) is 6.33 Å². The normalized spacial score (nSPS) is 14.6. The van der Waals surface area contributed by atoms with E-state index in [0.717, 1.165) is 36.2 Å². The number of benzene rings is 1. The fraction of sp³-hybridized carbons (Fsp3) is 0.250. The Kier molecular flexibility index (Phi) is 1.54. The summed E-state index contributed by atoms with van der Waals surface area (Å²) in [7, 11) is 0. The number of hydrogen-bond donors (Lipinski definition) is 0. The molecule has 5 nitrogen and oxygen atoms in total. The molecular formula is C12H11N4O+. The molecule has 0 amide bonds. The molecule has 84 valence electrons. The van der Waals surface area contributed by atoms with Gasteiger partial charge in [-0.1, -0.05) is 12.1 Å². The van der Waals surface area contributed by atoms with Gasteiger partial charge < -0.3 is 0 Å². The van der Waals surface area contributed by atoms with E-state index in [4.69, 9.17) is 0 Å². The van der Waals surface area contributed by atoms with Crippen molar-refractivity contribution in [2.75, 3.05) is 0 Å². The van der Waals surface area contributed by atoms with Crippen LogP contribution in [0.5, 0.6) is 0 Å². The van der Waals surface area contributed by atoms with Crippen LogP contribution in [0, 0.1) is 0 Å². The first kappa shape index (κ1) is 8.92. The number of nitrogens with zero attached hydrogens (tertiary/aromatic N) is 4. The minimum absolute atomic E-state index is 0.0347. The van der Waals surface area contributed by atoms with E-state index in [1.807, 2.05) is 28.8 Å². The molecule has 4 rings (SSSR count). The van der Waals surface area contributed by atoms with Gasteiger partial charge in [-0.25, -0.2) is 9.13 Å². The Labute approximate surface area is 96.5 Å². The maximum absolute atomic E-state index is 12.3. The number of rotatable bonds is 0. The van der Waals surface area contributed by atoms with Gasteiger partial charge in [-0.3, -0.25) is 4.79 Å². The highest BCUT2D eigenvalue weighted by Crippen LogP contribution is 2.14. The Hall–Kier alpha value is -2.17. The van der Waals surface area contributed by atoms with Crippen LogP contribution in [0.4, 0.5) is 0 Å². The average Bonchev–Trinajstić information content (AvgIpc) is 2.81. The van der Waals surface area contributed by atoms with Gasteiger partial charge in [0, 0.05) is 6.42 Å². The van der Waals surface area contributed by atoms with E-state index in [1.165, 1.54) is 4.52 Å². The van der Waals surface area contributed by atoms with Crippen molar-refractivity contribution in [3.05, 3.63) is 40.9 Å². The van der Waals surface area contributed by atoms with Crippen molar-refractivity contribution in [1.82, 2.24) is 14.2 Å². The first-order valence-electron chi connectivity index (χ1n) is 5.75. The number of aryl methyl sites for hydroxylation is 2. The maximum Gasteiger partial charge on any atom is 0.360 e. The van der Waals surface area contributed by atoms with E-state index in [9.17, 15) is 4.79 Å². The third-order valence-corrected chi connectivity index (χ3v) is 3.39. The second-order valence-electron chi connectivity index (χ2n) is 4.36. The summed E-state index contributed by atoms with van der Waals surface area (Å²) >= 11 is 0. The van der Waals surface area contributed by atoms with Crippen molar-refractivity contribution in [2.45, 2.75) is 19.5 Å². The van der Waals surface area contributed by atoms with Crippen LogP contribution >= 0.6 is 0 Å². The molecule has 5 heteroatoms. The van der Waals surface area contributed by atoms with Crippen molar-refractivity contribution < 1.29 is 4.57 Å². The molecule has 0 N–H and O–H groups in total. The maximum atomic E-state index is 12.3. The summed E-state index contributed by atoms with van der Waals surface area (Å²) in [5, 5.41) is 4.92. The van der Waals surface area contributed by atoms with Crippen LogP contribution in [-0.2, 0) is 13.1 Å². The third-order valence-electron chi connectivity index (χ3n) is 3.39. The molecule has 0 fully saturated rings. The summed E-state index contributed by atoms with van der Waals surface area (Å²) in [5.74, 6) is 0.889. The molecule has 0 saturated heterocycles. The van der Waals surface area contributed by atoms with Gasteiger partial charge in [0.05, 0.1) is 18.5 Å². The molecule has 2 aromatic heterocycles. The quantitative estimate of drug-likeness (QED) is 0.520. The van der Waals surface area contributed by atoms with Gasteiger partial charge in [-0.05, 0) is 21.7 Å². The summed E-state index contributed by atoms with van der Waals surface area (Å²) in [6.45, 7) is 1.87. The summed E-state index contributed by atoms with van der Waals surface area (Å²) in [4.78, 5) is 12.3. The fourth-order valence-corrected chi connectivity index (χ4v) is 2.64. The molecule has 3 aromatic rings. The van der Waals surface area contributed by atoms with Gasteiger partial charge in [0.1, 0.15) is 5.52 Å². The van der Waals surface area contributed by atoms with Crippen LogP contribution in [0.1, 0.15) is 6.42 Å². The molecule has 0 spiro atoms. The molecule has 0 unspecified atom stereocenters. The second kappa shape index (κ2) is 2.94. The summed E-state index contributed by atoms with van der Waals surface area (Å²) < 4.78 is 5.71. The number of fused-ring (bicyclic) bond motifs is 2. The van der Waals surface area contributed by atoms with Crippen molar-refractivity contribution in [3.8, 4) is 0 Å². The highest BCUT2D eigenvalue weighted by molar-refractivity contribution is 5.79. The zero-order valence-electron chi connectivity index (χ0n) is 9.21. The van der Waals surface area contributed by atoms with Gasteiger partial charge in [0.15, 0.2) is 0 Å². The smallest absolute Gasteiger partial charge is 0.252 e. The number of aromatic nitrogens is 4. The van der Waals surface area contributed by atoms with Crippen LogP contribution in [0.15, 0.2) is 35.4 Å². The molecule has 1 aliphatic rings. The van der Waals surface area contributed by atoms with Gasteiger partial charge >= 0.3 is 11.3 Å². The molecular weight excluding hydrogens is 216 g/mol. The first-order valence-corrected chi connectivity index (χ1v) is 5.75. The lowest BCUT2D eigenvalue weighted by atomic mass is 10.2. The second-order valence-corrected chi connectivity index (χ2v) is 4.36. The Balaban J connectivity index is 2.39. The zero-order valence-corrected chi connectivity index (χ0v) is 9.21. The lowest BCUT2D eigenvalue weighted by Crippen LogP contribution is -2.40. The third kappa shape index (κ3) is 1.01. The van der Waals surface area contributed by atoms with Crippen LogP contribution in [0.25, 0.3) is 16.7 Å². The minimum Gasteiger partial charge on any atom is -0.252 e. The van der Waals surface area contributed by atoms with Gasteiger partial charge in [-0.15, -0.1) is 0 Å². The van der Waals surface area contributed by atoms with E-state index in [2.05, 4.69) is 9.67 Å². The van der Waals surface area contributed by atoms with Crippen LogP contribution in [0.3, 0.4) is 0 Å². The van der Waals surface area contributed by atoms with E-state index < -0.39 is 0 Å². The molecule has 17 heavy (non-hydrogen) atoms. The van der Waals surface area contributed by atoms with E-state index in [1.54, 1.807) is 6.33 Å². The van der Waals surface area contributed by atoms with E-state index in [-0.39, 0.29) is 5.56 Å². The zero-order chi connectivity index (χ0) is 11.4. The van der Waals surface area contributed by atoms with Crippen molar-refractivity contribution >= 4 is 16.7 Å². The monoisotopic (exact) mass is 227 g/mol. The standard InChI is InChI=1S/C12H11N4O/c17-11-9-4-1-2-5-10(9)15-7-3-6-14-8-13-16(11)12(14)15/h1-2,4-5,8H,3,6-7H2/q+1. The van der Waals surface area contributed by atoms with E-state index in [0.29, 0.717) is 0 Å². The fourth-order valence-electron chi connectivity index (χ4n) is 2.64. The molecule has 0 bridgehead atoms. The van der Waals surface area contributed by atoms with Crippen molar-refractivity contribution in [2.24, 2.45) is 0 Å². The highest BCUT2D eigenvalue weighted by atomic mass is 16.1. The minimum atomic E-state index is -0.0347. The van der Waals surface area contributed by atoms with E-state index >= 15 is 0 Å². The van der Waals surface area contributed by atoms with Gasteiger partial charge in [0.25, 0.3) is 0 Å². The molecule has 0 radical (unpaired) electrons. The predicted molar refractivity (Wildman–Crippen MR) is 61.8 cm³/mol. The molecule has 1 aliphatic heterocycles.